The molecule has 0 spiro atoms. The summed E-state index contributed by atoms with van der Waals surface area (Å²) in [5.74, 6) is 0. The lowest BCUT2D eigenvalue weighted by Crippen LogP contribution is -2.40. The molecule has 1 aliphatic heterocycles. The first kappa shape index (κ1) is 12.0. The van der Waals surface area contributed by atoms with Crippen LogP contribution in [0.25, 0.3) is 0 Å². The summed E-state index contributed by atoms with van der Waals surface area (Å²) in [4.78, 5) is 0. The molecule has 0 radical (unpaired) electrons. The van der Waals surface area contributed by atoms with Crippen molar-refractivity contribution in [1.29, 1.82) is 0 Å². The van der Waals surface area contributed by atoms with Crippen molar-refractivity contribution < 1.29 is 4.74 Å². The van der Waals surface area contributed by atoms with E-state index in [1.54, 1.807) is 0 Å². The number of rotatable bonds is 3. The Hall–Kier alpha value is -0.420. The SMILES string of the molecule is NC(CC1CNCCO1)c1ccc(Br)cc1. The third-order valence-corrected chi connectivity index (χ3v) is 3.35. The quantitative estimate of drug-likeness (QED) is 0.890. The van der Waals surface area contributed by atoms with Gasteiger partial charge in [0.15, 0.2) is 0 Å². The van der Waals surface area contributed by atoms with E-state index < -0.39 is 0 Å². The van der Waals surface area contributed by atoms with E-state index in [2.05, 4.69) is 33.4 Å². The Bertz CT molecular complexity index is 322. The summed E-state index contributed by atoms with van der Waals surface area (Å²) in [5.41, 5.74) is 7.32. The fourth-order valence-corrected chi connectivity index (χ4v) is 2.16. The highest BCUT2D eigenvalue weighted by atomic mass is 79.9. The molecule has 4 heteroatoms. The second-order valence-electron chi connectivity index (χ2n) is 4.09. The van der Waals surface area contributed by atoms with Gasteiger partial charge in [0, 0.05) is 23.6 Å². The van der Waals surface area contributed by atoms with Crippen LogP contribution in [0.2, 0.25) is 0 Å². The van der Waals surface area contributed by atoms with Crippen LogP contribution in [0.1, 0.15) is 18.0 Å². The molecule has 3 N–H and O–H groups in total. The van der Waals surface area contributed by atoms with Crippen molar-refractivity contribution in [1.82, 2.24) is 5.32 Å². The fraction of sp³-hybridized carbons (Fsp3) is 0.500. The van der Waals surface area contributed by atoms with Crippen molar-refractivity contribution >= 4 is 15.9 Å². The number of ether oxygens (including phenoxy) is 1. The molecule has 0 aromatic heterocycles. The monoisotopic (exact) mass is 284 g/mol. The highest BCUT2D eigenvalue weighted by Crippen LogP contribution is 2.20. The van der Waals surface area contributed by atoms with Crippen molar-refractivity contribution in [2.75, 3.05) is 19.7 Å². The van der Waals surface area contributed by atoms with Crippen molar-refractivity contribution in [3.63, 3.8) is 0 Å². The maximum Gasteiger partial charge on any atom is 0.0718 e. The van der Waals surface area contributed by atoms with Crippen LogP contribution in [0.15, 0.2) is 28.7 Å². The molecule has 16 heavy (non-hydrogen) atoms. The lowest BCUT2D eigenvalue weighted by Gasteiger charge is -2.26. The van der Waals surface area contributed by atoms with Gasteiger partial charge in [-0.05, 0) is 24.1 Å². The second-order valence-corrected chi connectivity index (χ2v) is 5.01. The third-order valence-electron chi connectivity index (χ3n) is 2.82. The zero-order valence-electron chi connectivity index (χ0n) is 9.16. The van der Waals surface area contributed by atoms with Gasteiger partial charge in [0.05, 0.1) is 12.7 Å². The molecule has 1 aromatic carbocycles. The first-order chi connectivity index (χ1) is 7.75. The summed E-state index contributed by atoms with van der Waals surface area (Å²) in [6.45, 7) is 2.64. The Labute approximate surface area is 104 Å². The normalized spacial score (nSPS) is 23.0. The van der Waals surface area contributed by atoms with Crippen LogP contribution in [0.5, 0.6) is 0 Å². The molecule has 2 atom stereocenters. The van der Waals surface area contributed by atoms with Crippen LogP contribution in [-0.4, -0.2) is 25.8 Å². The minimum absolute atomic E-state index is 0.0537. The van der Waals surface area contributed by atoms with Gasteiger partial charge in [-0.15, -0.1) is 0 Å². The van der Waals surface area contributed by atoms with Gasteiger partial charge in [-0.3, -0.25) is 0 Å². The van der Waals surface area contributed by atoms with Crippen molar-refractivity contribution in [2.24, 2.45) is 5.73 Å². The topological polar surface area (TPSA) is 47.3 Å². The molecule has 2 rings (SSSR count). The van der Waals surface area contributed by atoms with Crippen LogP contribution in [-0.2, 0) is 4.74 Å². The van der Waals surface area contributed by atoms with Gasteiger partial charge >= 0.3 is 0 Å². The van der Waals surface area contributed by atoms with E-state index in [1.807, 2.05) is 12.1 Å². The third kappa shape index (κ3) is 3.28. The number of hydrogen-bond donors (Lipinski definition) is 2. The molecular weight excluding hydrogens is 268 g/mol. The first-order valence-corrected chi connectivity index (χ1v) is 6.38. The molecule has 3 nitrogen and oxygen atoms in total. The predicted octanol–water partition coefficient (Wildman–Crippen LogP) is 1.83. The standard InChI is InChI=1S/C12H17BrN2O/c13-10-3-1-9(2-4-10)12(14)7-11-8-15-5-6-16-11/h1-4,11-12,15H,5-8,14H2. The lowest BCUT2D eigenvalue weighted by atomic mass is 10.0. The van der Waals surface area contributed by atoms with E-state index in [1.165, 1.54) is 0 Å². The predicted molar refractivity (Wildman–Crippen MR) is 68.3 cm³/mol. The first-order valence-electron chi connectivity index (χ1n) is 5.59. The van der Waals surface area contributed by atoms with E-state index in [0.717, 1.165) is 36.2 Å². The van der Waals surface area contributed by atoms with Gasteiger partial charge < -0.3 is 15.8 Å². The van der Waals surface area contributed by atoms with E-state index in [9.17, 15) is 0 Å². The lowest BCUT2D eigenvalue weighted by molar-refractivity contribution is 0.0195. The average molecular weight is 285 g/mol. The molecule has 1 fully saturated rings. The molecule has 1 heterocycles. The highest BCUT2D eigenvalue weighted by Gasteiger charge is 2.17. The van der Waals surface area contributed by atoms with Crippen molar-refractivity contribution in [3.8, 4) is 0 Å². The van der Waals surface area contributed by atoms with Gasteiger partial charge in [0.1, 0.15) is 0 Å². The maximum atomic E-state index is 6.15. The minimum atomic E-state index is 0.0537. The Morgan fingerprint density at radius 2 is 2.19 bits per heavy atom. The number of halogens is 1. The fourth-order valence-electron chi connectivity index (χ4n) is 1.90. The molecule has 0 bridgehead atoms. The number of hydrogen-bond acceptors (Lipinski definition) is 3. The molecule has 0 amide bonds. The largest absolute Gasteiger partial charge is 0.376 e. The molecule has 2 unspecified atom stereocenters. The smallest absolute Gasteiger partial charge is 0.0718 e. The summed E-state index contributed by atoms with van der Waals surface area (Å²) in [6.07, 6.45) is 1.11. The number of nitrogens with two attached hydrogens (primary N) is 1. The van der Waals surface area contributed by atoms with Gasteiger partial charge in [-0.25, -0.2) is 0 Å². The summed E-state index contributed by atoms with van der Waals surface area (Å²) in [6, 6.07) is 8.22. The Morgan fingerprint density at radius 1 is 1.44 bits per heavy atom. The van der Waals surface area contributed by atoms with E-state index in [0.29, 0.717) is 0 Å². The van der Waals surface area contributed by atoms with Crippen molar-refractivity contribution in [2.45, 2.75) is 18.6 Å². The summed E-state index contributed by atoms with van der Waals surface area (Å²) < 4.78 is 6.72. The molecule has 1 saturated heterocycles. The van der Waals surface area contributed by atoms with Crippen molar-refractivity contribution in [3.05, 3.63) is 34.3 Å². The van der Waals surface area contributed by atoms with Gasteiger partial charge in [-0.2, -0.15) is 0 Å². The van der Waals surface area contributed by atoms with Crippen LogP contribution in [0, 0.1) is 0 Å². The molecular formula is C12H17BrN2O. The summed E-state index contributed by atoms with van der Waals surface area (Å²) in [7, 11) is 0. The molecule has 88 valence electrons. The molecule has 1 aliphatic rings. The number of morpholine rings is 1. The van der Waals surface area contributed by atoms with E-state index >= 15 is 0 Å². The highest BCUT2D eigenvalue weighted by molar-refractivity contribution is 9.10. The molecule has 0 aliphatic carbocycles. The summed E-state index contributed by atoms with van der Waals surface area (Å²) >= 11 is 3.42. The van der Waals surface area contributed by atoms with Crippen LogP contribution in [0.4, 0.5) is 0 Å². The maximum absolute atomic E-state index is 6.15. The summed E-state index contributed by atoms with van der Waals surface area (Å²) in [5, 5.41) is 3.31. The van der Waals surface area contributed by atoms with Gasteiger partial charge in [0.25, 0.3) is 0 Å². The van der Waals surface area contributed by atoms with Gasteiger partial charge in [-0.1, -0.05) is 28.1 Å². The minimum Gasteiger partial charge on any atom is -0.376 e. The average Bonchev–Trinajstić information content (AvgIpc) is 2.31. The Kier molecular flexibility index (Phi) is 4.35. The molecule has 0 saturated carbocycles. The number of benzene rings is 1. The van der Waals surface area contributed by atoms with E-state index in [4.69, 9.17) is 10.5 Å². The Balaban J connectivity index is 1.91. The van der Waals surface area contributed by atoms with Crippen LogP contribution >= 0.6 is 15.9 Å². The molecule has 1 aromatic rings. The zero-order valence-corrected chi connectivity index (χ0v) is 10.7. The zero-order chi connectivity index (χ0) is 11.4. The second kappa shape index (κ2) is 5.77. The van der Waals surface area contributed by atoms with Gasteiger partial charge in [0.2, 0.25) is 0 Å². The van der Waals surface area contributed by atoms with Crippen LogP contribution in [0.3, 0.4) is 0 Å². The van der Waals surface area contributed by atoms with E-state index in [-0.39, 0.29) is 12.1 Å². The Morgan fingerprint density at radius 3 is 2.81 bits per heavy atom. The number of nitrogens with one attached hydrogen (secondary N) is 1. The van der Waals surface area contributed by atoms with Crippen LogP contribution < -0.4 is 11.1 Å².